The molecule has 66 heavy (non-hydrogen) atoms. The maximum atomic E-state index is 11.9. The Hall–Kier alpha value is -1.72. The first-order valence-electron chi connectivity index (χ1n) is 21.3. The molecule has 3 rings (SSSR count). The van der Waals surface area contributed by atoms with Crippen molar-refractivity contribution in [3.8, 4) is 0 Å². The average Bonchev–Trinajstić information content (AvgIpc) is 3.91. The Balaban J connectivity index is -0.0000000805. The third kappa shape index (κ3) is 40.2. The third-order valence-electron chi connectivity index (χ3n) is 7.49. The van der Waals surface area contributed by atoms with Gasteiger partial charge in [-0.3, -0.25) is 9.69 Å². The second kappa shape index (κ2) is 48.3. The number of hydrogen-bond acceptors (Lipinski definition) is 11. The van der Waals surface area contributed by atoms with E-state index < -0.39 is 41.3 Å². The molecule has 0 spiro atoms. The van der Waals surface area contributed by atoms with E-state index >= 15 is 0 Å². The molecule has 0 aromatic heterocycles. The molecule has 3 saturated heterocycles. The molecule has 1 N–H and O–H groups in total. The molecule has 7 atom stereocenters. The summed E-state index contributed by atoms with van der Waals surface area (Å²) in [5, 5.41) is 9.85. The zero-order valence-corrected chi connectivity index (χ0v) is 46.1. The second-order valence-corrected chi connectivity index (χ2v) is 17.2. The Morgan fingerprint density at radius 1 is 0.682 bits per heavy atom. The third-order valence-corrected chi connectivity index (χ3v) is 7.49. The van der Waals surface area contributed by atoms with E-state index in [2.05, 4.69) is 64.6 Å². The van der Waals surface area contributed by atoms with Gasteiger partial charge < -0.3 is 45.0 Å². The number of imide groups is 1. The molecule has 3 aliphatic rings. The number of rotatable bonds is 3. The summed E-state index contributed by atoms with van der Waals surface area (Å²) >= 11 is 0. The first-order valence-corrected chi connectivity index (χ1v) is 25.1. The fraction of sp³-hybridized carbons (Fsp3) is 0.705. The standard InChI is InChI=1S/C12H21NO3.C12H19NO3.C12H21NO2.3C2H5.2CH4.B.Li.3HOPS/c2*1-6-9-7-10(14)13(8(9)2)11(15)16-12(3,4)5;1-6-10-7-8-13(9(10)2)11(14)15-12(3,4)5;3*1-2;;;;;3*1-3-2/h6,8-10,14H,1,7H2,2-5H3;6,8-9H,1,7H2,2-5H3;6,9-10H,1,7-8H2,2-5H3;3*1H2,2H3;2*1H4;;;3*2H/q;;;3*-1;;;;+1;;;/t8-,9+,10?;8-,9+;9-,10+;;;;;;;;;;/m111........../s1/i3*2T;;;;;;;;;;. The molecular formula is C44H87BLiN3O11P3S3-2. The van der Waals surface area contributed by atoms with E-state index in [4.69, 9.17) is 30.9 Å². The van der Waals surface area contributed by atoms with Crippen LogP contribution in [-0.4, -0.2) is 113 Å². The van der Waals surface area contributed by atoms with Gasteiger partial charge in [0, 0.05) is 61.9 Å². The van der Waals surface area contributed by atoms with Crippen molar-refractivity contribution in [2.75, 3.05) is 6.54 Å². The van der Waals surface area contributed by atoms with Crippen LogP contribution in [0.4, 0.5) is 14.4 Å². The van der Waals surface area contributed by atoms with Gasteiger partial charge in [0.2, 0.25) is 5.91 Å². The van der Waals surface area contributed by atoms with Gasteiger partial charge in [0.25, 0.3) is 0 Å². The maximum Gasteiger partial charge on any atom is 1.00 e. The van der Waals surface area contributed by atoms with E-state index in [1.807, 2.05) is 26.8 Å². The number of amides is 4. The fourth-order valence-corrected chi connectivity index (χ4v) is 5.07. The predicted molar refractivity (Wildman–Crippen MR) is 285 cm³/mol. The number of aliphatic hydroxyl groups excluding tert-OH is 1. The molecule has 3 heterocycles. The van der Waals surface area contributed by atoms with Crippen molar-refractivity contribution in [3.63, 3.8) is 0 Å². The molecule has 0 saturated carbocycles. The smallest absolute Gasteiger partial charge is 0.444 e. The summed E-state index contributed by atoms with van der Waals surface area (Å²) in [6.07, 6.45) is 4.26. The van der Waals surface area contributed by atoms with Crippen molar-refractivity contribution in [3.05, 3.63) is 58.7 Å². The van der Waals surface area contributed by atoms with Crippen LogP contribution in [0.1, 0.15) is 142 Å². The van der Waals surface area contributed by atoms with Gasteiger partial charge in [0.05, 0.1) is 0 Å². The van der Waals surface area contributed by atoms with E-state index in [9.17, 15) is 24.3 Å². The Morgan fingerprint density at radius 2 is 1.02 bits per heavy atom. The van der Waals surface area contributed by atoms with E-state index in [-0.39, 0.29) is 111 Å². The molecular weight excluding hydrogens is 953 g/mol. The van der Waals surface area contributed by atoms with Crippen LogP contribution in [-0.2, 0) is 51.5 Å². The van der Waals surface area contributed by atoms with Crippen molar-refractivity contribution >= 4 is 89.2 Å². The van der Waals surface area contributed by atoms with Crippen molar-refractivity contribution in [2.24, 2.45) is 17.8 Å². The monoisotopic (exact) mass is 1050 g/mol. The minimum absolute atomic E-state index is 0. The van der Waals surface area contributed by atoms with Gasteiger partial charge in [-0.15, -0.1) is 19.7 Å². The van der Waals surface area contributed by atoms with Crippen LogP contribution in [0.3, 0.4) is 0 Å². The number of likely N-dealkylation sites (tertiary alicyclic amines) is 3. The van der Waals surface area contributed by atoms with Crippen LogP contribution < -0.4 is 18.9 Å². The Morgan fingerprint density at radius 3 is 1.33 bits per heavy atom. The normalized spacial score (nSPS) is 21.0. The van der Waals surface area contributed by atoms with Crippen LogP contribution >= 0.6 is 24.0 Å². The van der Waals surface area contributed by atoms with Crippen molar-refractivity contribution in [1.82, 2.24) is 14.7 Å². The number of carbonyl (C=O) groups is 4. The predicted octanol–water partition coefficient (Wildman–Crippen LogP) is 8.49. The van der Waals surface area contributed by atoms with Gasteiger partial charge in [0.1, 0.15) is 55.6 Å². The van der Waals surface area contributed by atoms with E-state index in [1.54, 1.807) is 79.4 Å². The molecule has 383 valence electrons. The van der Waals surface area contributed by atoms with Gasteiger partial charge in [0.15, 0.2) is 0 Å². The number of ether oxygens (including phenoxy) is 3. The summed E-state index contributed by atoms with van der Waals surface area (Å²) in [5.41, 5.74) is -1.72. The topological polar surface area (TPSA) is 177 Å². The summed E-state index contributed by atoms with van der Waals surface area (Å²) in [5.74, 6) is -0.256. The maximum absolute atomic E-state index is 11.9. The molecule has 3 aliphatic heterocycles. The molecule has 22 heteroatoms. The number of hydrogen-bond donors (Lipinski definition) is 1. The Kier molecular flexibility index (Phi) is 57.4. The van der Waals surface area contributed by atoms with Gasteiger partial charge in [-0.1, -0.05) is 33.1 Å². The van der Waals surface area contributed by atoms with Gasteiger partial charge in [-0.05, 0) is 119 Å². The van der Waals surface area contributed by atoms with Gasteiger partial charge >= 0.3 is 37.1 Å². The molecule has 0 aromatic carbocycles. The Bertz CT molecular complexity index is 1490. The van der Waals surface area contributed by atoms with Crippen molar-refractivity contribution in [2.45, 2.75) is 179 Å². The van der Waals surface area contributed by atoms with Gasteiger partial charge in [-0.2, -0.15) is 20.8 Å². The first kappa shape index (κ1) is 78.5. The summed E-state index contributed by atoms with van der Waals surface area (Å²) in [4.78, 5) is 51.4. The average molecular weight is 1050 g/mol. The molecule has 4 amide bonds. The Labute approximate surface area is 437 Å². The molecule has 3 fully saturated rings. The minimum Gasteiger partial charge on any atom is -0.444 e. The van der Waals surface area contributed by atoms with Crippen LogP contribution in [0.5, 0.6) is 0 Å². The summed E-state index contributed by atoms with van der Waals surface area (Å²) < 4.78 is 64.4. The SMILES string of the molecule is C.C.O=S=P.O=S=P.O=S=P.[3H]C[C@@H]1[C@@H](C=C)CC(=O)N1C(=O)OC(C)(C)C.[3H]C[C@@H]1[C@@H](C=C)CC(O)N1C(=O)OC(C)(C)C.[3H]C[C@@H]1[C@@H](C=C)CCN1C(=O)OC(C)(C)C.[B].[CH2-]C.[CH2-]C.[CH2-]C.[Li+]. The number of aliphatic hydroxyl groups is 1. The minimum atomic E-state index is -0.886. The molecule has 0 aliphatic carbocycles. The van der Waals surface area contributed by atoms with Crippen LogP contribution in [0.15, 0.2) is 38.0 Å². The zero-order valence-electron chi connectivity index (χ0n) is 43.6. The first-order chi connectivity index (χ1) is 30.2. The van der Waals surface area contributed by atoms with E-state index in [0.29, 0.717) is 45.5 Å². The number of nitrogens with zero attached hydrogens (tertiary/aromatic N) is 3. The molecule has 3 radical (unpaired) electrons. The fourth-order valence-electron chi connectivity index (χ4n) is 5.07. The summed E-state index contributed by atoms with van der Waals surface area (Å²) in [6, 6.07) is -0.875. The zero-order chi connectivity index (χ0) is 52.9. The quantitative estimate of drug-likeness (QED) is 0.0943. The molecule has 14 nitrogen and oxygen atoms in total. The largest absolute Gasteiger partial charge is 1.00 e. The van der Waals surface area contributed by atoms with Crippen molar-refractivity contribution < 1.29 is 74.1 Å². The number of carbonyl (C=O) groups excluding carboxylic acids is 4. The van der Waals surface area contributed by atoms with Gasteiger partial charge in [-0.25, -0.2) is 31.9 Å². The van der Waals surface area contributed by atoms with Crippen molar-refractivity contribution in [1.29, 1.82) is 0 Å². The molecule has 1 unspecified atom stereocenters. The van der Waals surface area contributed by atoms with E-state index in [0.717, 1.165) is 11.3 Å². The molecule has 0 aromatic rings. The summed E-state index contributed by atoms with van der Waals surface area (Å²) in [7, 11) is 8.55. The molecule has 0 bridgehead atoms. The van der Waals surface area contributed by atoms with Crippen LogP contribution in [0, 0.1) is 38.5 Å². The van der Waals surface area contributed by atoms with Crippen LogP contribution in [0.25, 0.3) is 0 Å². The summed E-state index contributed by atoms with van der Waals surface area (Å²) in [6.45, 7) is 43.0. The van der Waals surface area contributed by atoms with E-state index in [1.165, 1.54) is 4.90 Å². The van der Waals surface area contributed by atoms with Crippen LogP contribution in [0.2, 0.25) is 0 Å². The second-order valence-electron chi connectivity index (χ2n) is 15.2.